The van der Waals surface area contributed by atoms with E-state index in [-0.39, 0.29) is 0 Å². The standard InChI is InChI=1S/C12H16N4O/c1-9-5-3-8-14-11(9)12-16-15-10(17-12)6-4-7-13-2/h3,5,8,13H,4,6-7H2,1-2H3. The van der Waals surface area contributed by atoms with Gasteiger partial charge in [0, 0.05) is 12.6 Å². The SMILES string of the molecule is CNCCCc1nnc(-c2ncccc2C)o1. The molecule has 1 N–H and O–H groups in total. The van der Waals surface area contributed by atoms with Crippen molar-refractivity contribution in [3.63, 3.8) is 0 Å². The first-order valence-electron chi connectivity index (χ1n) is 5.70. The maximum atomic E-state index is 5.58. The van der Waals surface area contributed by atoms with Crippen molar-refractivity contribution < 1.29 is 4.42 Å². The van der Waals surface area contributed by atoms with E-state index in [0.717, 1.165) is 30.6 Å². The van der Waals surface area contributed by atoms with E-state index in [9.17, 15) is 0 Å². The third-order valence-electron chi connectivity index (χ3n) is 2.50. The summed E-state index contributed by atoms with van der Waals surface area (Å²) in [7, 11) is 1.93. The summed E-state index contributed by atoms with van der Waals surface area (Å²) >= 11 is 0. The van der Waals surface area contributed by atoms with Crippen LogP contribution in [-0.2, 0) is 6.42 Å². The van der Waals surface area contributed by atoms with Crippen LogP contribution in [0, 0.1) is 6.92 Å². The normalized spacial score (nSPS) is 10.7. The second-order valence-electron chi connectivity index (χ2n) is 3.88. The van der Waals surface area contributed by atoms with Crippen molar-refractivity contribution in [2.45, 2.75) is 19.8 Å². The second kappa shape index (κ2) is 5.54. The zero-order valence-corrected chi connectivity index (χ0v) is 10.1. The lowest BCUT2D eigenvalue weighted by Crippen LogP contribution is -2.08. The molecule has 0 aromatic carbocycles. The minimum atomic E-state index is 0.502. The highest BCUT2D eigenvalue weighted by Crippen LogP contribution is 2.18. The van der Waals surface area contributed by atoms with Crippen LogP contribution in [0.15, 0.2) is 22.7 Å². The van der Waals surface area contributed by atoms with Gasteiger partial charge >= 0.3 is 0 Å². The van der Waals surface area contributed by atoms with Crippen LogP contribution in [0.4, 0.5) is 0 Å². The molecule has 0 bridgehead atoms. The lowest BCUT2D eigenvalue weighted by molar-refractivity contribution is 0.493. The van der Waals surface area contributed by atoms with E-state index < -0.39 is 0 Å². The minimum absolute atomic E-state index is 0.502. The number of nitrogens with zero attached hydrogens (tertiary/aromatic N) is 3. The molecule has 2 heterocycles. The summed E-state index contributed by atoms with van der Waals surface area (Å²) in [6, 6.07) is 3.87. The van der Waals surface area contributed by atoms with Crippen LogP contribution in [0.2, 0.25) is 0 Å². The number of aromatic nitrogens is 3. The third kappa shape index (κ3) is 2.88. The Morgan fingerprint density at radius 2 is 2.24 bits per heavy atom. The fourth-order valence-electron chi connectivity index (χ4n) is 1.58. The van der Waals surface area contributed by atoms with Crippen molar-refractivity contribution in [3.8, 4) is 11.6 Å². The number of nitrogens with one attached hydrogen (secondary N) is 1. The van der Waals surface area contributed by atoms with Gasteiger partial charge in [-0.05, 0) is 38.6 Å². The van der Waals surface area contributed by atoms with E-state index in [1.54, 1.807) is 6.20 Å². The van der Waals surface area contributed by atoms with E-state index in [1.807, 2.05) is 26.1 Å². The molecule has 0 unspecified atom stereocenters. The van der Waals surface area contributed by atoms with E-state index >= 15 is 0 Å². The van der Waals surface area contributed by atoms with Gasteiger partial charge in [-0.2, -0.15) is 0 Å². The molecule has 0 atom stereocenters. The summed E-state index contributed by atoms with van der Waals surface area (Å²) in [4.78, 5) is 4.25. The van der Waals surface area contributed by atoms with Gasteiger partial charge in [-0.3, -0.25) is 4.98 Å². The zero-order valence-electron chi connectivity index (χ0n) is 10.1. The van der Waals surface area contributed by atoms with Gasteiger partial charge in [0.25, 0.3) is 5.89 Å². The van der Waals surface area contributed by atoms with Gasteiger partial charge < -0.3 is 9.73 Å². The molecule has 0 amide bonds. The minimum Gasteiger partial charge on any atom is -0.419 e. The Kier molecular flexibility index (Phi) is 3.82. The Bertz CT molecular complexity index is 481. The molecular weight excluding hydrogens is 216 g/mol. The molecule has 5 heteroatoms. The van der Waals surface area contributed by atoms with Crippen LogP contribution in [0.5, 0.6) is 0 Å². The average Bonchev–Trinajstić information content (AvgIpc) is 2.79. The number of hydrogen-bond acceptors (Lipinski definition) is 5. The Morgan fingerprint density at radius 1 is 1.35 bits per heavy atom. The molecule has 0 radical (unpaired) electrons. The Labute approximate surface area is 100 Å². The van der Waals surface area contributed by atoms with Crippen LogP contribution in [0.3, 0.4) is 0 Å². The van der Waals surface area contributed by atoms with Crippen molar-refractivity contribution in [2.75, 3.05) is 13.6 Å². The first-order valence-corrected chi connectivity index (χ1v) is 5.70. The molecule has 2 rings (SSSR count). The highest BCUT2D eigenvalue weighted by Gasteiger charge is 2.11. The molecule has 2 aromatic rings. The van der Waals surface area contributed by atoms with Crippen LogP contribution >= 0.6 is 0 Å². The largest absolute Gasteiger partial charge is 0.419 e. The molecular formula is C12H16N4O. The van der Waals surface area contributed by atoms with Gasteiger partial charge in [0.1, 0.15) is 5.69 Å². The van der Waals surface area contributed by atoms with Gasteiger partial charge in [-0.25, -0.2) is 0 Å². The lowest BCUT2D eigenvalue weighted by atomic mass is 10.2. The summed E-state index contributed by atoms with van der Waals surface area (Å²) in [5.74, 6) is 1.17. The zero-order chi connectivity index (χ0) is 12.1. The average molecular weight is 232 g/mol. The van der Waals surface area contributed by atoms with Crippen LogP contribution in [0.25, 0.3) is 11.6 Å². The second-order valence-corrected chi connectivity index (χ2v) is 3.88. The first-order chi connectivity index (χ1) is 8.31. The third-order valence-corrected chi connectivity index (χ3v) is 2.50. The number of pyridine rings is 1. The Balaban J connectivity index is 2.10. The number of aryl methyl sites for hydroxylation is 2. The molecule has 0 aliphatic rings. The quantitative estimate of drug-likeness (QED) is 0.793. The maximum absolute atomic E-state index is 5.58. The molecule has 0 saturated carbocycles. The van der Waals surface area contributed by atoms with Crippen molar-refractivity contribution in [3.05, 3.63) is 29.8 Å². The van der Waals surface area contributed by atoms with Crippen LogP contribution in [0.1, 0.15) is 17.9 Å². The van der Waals surface area contributed by atoms with E-state index in [4.69, 9.17) is 4.42 Å². The topological polar surface area (TPSA) is 63.8 Å². The monoisotopic (exact) mass is 232 g/mol. The van der Waals surface area contributed by atoms with Gasteiger partial charge in [0.05, 0.1) is 0 Å². The fraction of sp³-hybridized carbons (Fsp3) is 0.417. The molecule has 0 saturated heterocycles. The maximum Gasteiger partial charge on any atom is 0.266 e. The van der Waals surface area contributed by atoms with Gasteiger partial charge in [0.15, 0.2) is 0 Å². The molecule has 0 spiro atoms. The fourth-order valence-corrected chi connectivity index (χ4v) is 1.58. The molecule has 0 fully saturated rings. The first kappa shape index (κ1) is 11.7. The van der Waals surface area contributed by atoms with E-state index in [2.05, 4.69) is 20.5 Å². The Hall–Kier alpha value is -1.75. The van der Waals surface area contributed by atoms with Crippen LogP contribution in [-0.4, -0.2) is 28.8 Å². The number of rotatable bonds is 5. The molecule has 0 aliphatic carbocycles. The summed E-state index contributed by atoms with van der Waals surface area (Å²) in [5, 5.41) is 11.1. The highest BCUT2D eigenvalue weighted by atomic mass is 16.4. The van der Waals surface area contributed by atoms with Gasteiger partial charge in [-0.15, -0.1) is 10.2 Å². The van der Waals surface area contributed by atoms with Gasteiger partial charge in [-0.1, -0.05) is 6.07 Å². The smallest absolute Gasteiger partial charge is 0.266 e. The van der Waals surface area contributed by atoms with E-state index in [1.165, 1.54) is 0 Å². The van der Waals surface area contributed by atoms with Crippen LogP contribution < -0.4 is 5.32 Å². The number of hydrogen-bond donors (Lipinski definition) is 1. The summed E-state index contributed by atoms with van der Waals surface area (Å²) < 4.78 is 5.58. The van der Waals surface area contributed by atoms with Crippen molar-refractivity contribution in [1.82, 2.24) is 20.5 Å². The molecule has 17 heavy (non-hydrogen) atoms. The summed E-state index contributed by atoms with van der Waals surface area (Å²) in [6.07, 6.45) is 3.51. The highest BCUT2D eigenvalue weighted by molar-refractivity contribution is 5.51. The summed E-state index contributed by atoms with van der Waals surface area (Å²) in [5.41, 5.74) is 1.80. The molecule has 5 nitrogen and oxygen atoms in total. The molecule has 90 valence electrons. The van der Waals surface area contributed by atoms with Crippen molar-refractivity contribution in [2.24, 2.45) is 0 Å². The van der Waals surface area contributed by atoms with E-state index in [0.29, 0.717) is 11.8 Å². The predicted octanol–water partition coefficient (Wildman–Crippen LogP) is 1.59. The summed E-state index contributed by atoms with van der Waals surface area (Å²) in [6.45, 7) is 2.92. The molecule has 2 aromatic heterocycles. The van der Waals surface area contributed by atoms with Crippen molar-refractivity contribution >= 4 is 0 Å². The van der Waals surface area contributed by atoms with Gasteiger partial charge in [0.2, 0.25) is 5.89 Å². The van der Waals surface area contributed by atoms with Crippen molar-refractivity contribution in [1.29, 1.82) is 0 Å². The lowest BCUT2D eigenvalue weighted by Gasteiger charge is -1.97. The Morgan fingerprint density at radius 3 is 3.00 bits per heavy atom. The molecule has 0 aliphatic heterocycles. The predicted molar refractivity (Wildman–Crippen MR) is 64.5 cm³/mol.